The smallest absolute Gasteiger partial charge is 0.120 e. The summed E-state index contributed by atoms with van der Waals surface area (Å²) in [4.78, 5) is 2.19. The van der Waals surface area contributed by atoms with Crippen molar-refractivity contribution in [1.29, 1.82) is 0 Å². The van der Waals surface area contributed by atoms with E-state index >= 15 is 0 Å². The lowest BCUT2D eigenvalue weighted by molar-refractivity contribution is 0.343. The average molecular weight is 329 g/mol. The SMILES string of the molecule is CCC(NC(C)CCN(C)C)c1cc(Br)ccc1O. The Morgan fingerprint density at radius 2 is 2.05 bits per heavy atom. The fraction of sp³-hybridized carbons (Fsp3) is 0.600. The maximum Gasteiger partial charge on any atom is 0.120 e. The van der Waals surface area contributed by atoms with Gasteiger partial charge >= 0.3 is 0 Å². The van der Waals surface area contributed by atoms with Crippen molar-refractivity contribution in [3.8, 4) is 5.75 Å². The van der Waals surface area contributed by atoms with Crippen molar-refractivity contribution in [2.45, 2.75) is 38.8 Å². The van der Waals surface area contributed by atoms with Crippen molar-refractivity contribution in [3.05, 3.63) is 28.2 Å². The van der Waals surface area contributed by atoms with Crippen molar-refractivity contribution in [2.24, 2.45) is 0 Å². The molecule has 0 amide bonds. The summed E-state index contributed by atoms with van der Waals surface area (Å²) in [5.41, 5.74) is 0.966. The molecule has 0 heterocycles. The van der Waals surface area contributed by atoms with E-state index in [-0.39, 0.29) is 6.04 Å². The van der Waals surface area contributed by atoms with Gasteiger partial charge in [0.25, 0.3) is 0 Å². The summed E-state index contributed by atoms with van der Waals surface area (Å²) < 4.78 is 1.00. The van der Waals surface area contributed by atoms with Crippen LogP contribution in [-0.4, -0.2) is 36.7 Å². The Kier molecular flexibility index (Phi) is 6.83. The lowest BCUT2D eigenvalue weighted by atomic mass is 10.0. The third kappa shape index (κ3) is 5.51. The summed E-state index contributed by atoms with van der Waals surface area (Å²) in [6.45, 7) is 5.40. The molecule has 108 valence electrons. The van der Waals surface area contributed by atoms with E-state index in [1.807, 2.05) is 12.1 Å². The second-order valence-electron chi connectivity index (χ2n) is 5.32. The number of nitrogens with one attached hydrogen (secondary N) is 1. The number of hydrogen-bond acceptors (Lipinski definition) is 3. The molecule has 2 atom stereocenters. The molecule has 0 saturated heterocycles. The van der Waals surface area contributed by atoms with Gasteiger partial charge in [-0.15, -0.1) is 0 Å². The first kappa shape index (κ1) is 16.5. The van der Waals surface area contributed by atoms with Crippen LogP contribution in [0.1, 0.15) is 38.3 Å². The molecule has 4 heteroatoms. The molecule has 0 radical (unpaired) electrons. The lowest BCUT2D eigenvalue weighted by Gasteiger charge is -2.24. The van der Waals surface area contributed by atoms with Gasteiger partial charge < -0.3 is 15.3 Å². The number of benzene rings is 1. The van der Waals surface area contributed by atoms with Crippen LogP contribution < -0.4 is 5.32 Å². The second-order valence-corrected chi connectivity index (χ2v) is 6.24. The summed E-state index contributed by atoms with van der Waals surface area (Å²) >= 11 is 3.46. The van der Waals surface area contributed by atoms with E-state index in [9.17, 15) is 5.11 Å². The number of aromatic hydroxyl groups is 1. The van der Waals surface area contributed by atoms with Gasteiger partial charge in [-0.05, 0) is 58.6 Å². The maximum absolute atomic E-state index is 10.00. The molecule has 1 aromatic rings. The van der Waals surface area contributed by atoms with Crippen LogP contribution in [-0.2, 0) is 0 Å². The summed E-state index contributed by atoms with van der Waals surface area (Å²) in [6.07, 6.45) is 2.05. The van der Waals surface area contributed by atoms with Crippen molar-refractivity contribution in [2.75, 3.05) is 20.6 Å². The van der Waals surface area contributed by atoms with Crippen LogP contribution in [0, 0.1) is 0 Å². The molecule has 2 unspecified atom stereocenters. The zero-order valence-corrected chi connectivity index (χ0v) is 13.9. The number of halogens is 1. The highest BCUT2D eigenvalue weighted by molar-refractivity contribution is 9.10. The van der Waals surface area contributed by atoms with E-state index in [0.717, 1.165) is 29.4 Å². The number of phenols is 1. The van der Waals surface area contributed by atoms with Gasteiger partial charge in [-0.1, -0.05) is 22.9 Å². The Labute approximate surface area is 125 Å². The molecule has 0 aliphatic carbocycles. The molecular weight excluding hydrogens is 304 g/mol. The first-order valence-corrected chi connectivity index (χ1v) is 7.62. The Bertz CT molecular complexity index is 396. The third-order valence-corrected chi connectivity index (χ3v) is 3.76. The summed E-state index contributed by atoms with van der Waals surface area (Å²) in [7, 11) is 4.17. The second kappa shape index (κ2) is 7.88. The molecule has 0 aliphatic rings. The number of phenolic OH excluding ortho intramolecular Hbond substituents is 1. The van der Waals surface area contributed by atoms with Crippen LogP contribution in [0.5, 0.6) is 5.75 Å². The number of hydrogen-bond donors (Lipinski definition) is 2. The van der Waals surface area contributed by atoms with Crippen LogP contribution in [0.4, 0.5) is 0 Å². The van der Waals surface area contributed by atoms with Crippen LogP contribution in [0.2, 0.25) is 0 Å². The highest BCUT2D eigenvalue weighted by Gasteiger charge is 2.16. The molecule has 0 aromatic heterocycles. The molecule has 0 saturated carbocycles. The number of rotatable bonds is 7. The lowest BCUT2D eigenvalue weighted by Crippen LogP contribution is -2.33. The maximum atomic E-state index is 10.00. The van der Waals surface area contributed by atoms with Gasteiger partial charge in [0.15, 0.2) is 0 Å². The van der Waals surface area contributed by atoms with E-state index in [1.54, 1.807) is 6.07 Å². The van der Waals surface area contributed by atoms with Crippen LogP contribution in [0.25, 0.3) is 0 Å². The number of nitrogens with zero attached hydrogens (tertiary/aromatic N) is 1. The van der Waals surface area contributed by atoms with Gasteiger partial charge in [-0.2, -0.15) is 0 Å². The summed E-state index contributed by atoms with van der Waals surface area (Å²) in [6, 6.07) is 6.21. The third-order valence-electron chi connectivity index (χ3n) is 3.27. The molecule has 1 aromatic carbocycles. The highest BCUT2D eigenvalue weighted by Crippen LogP contribution is 2.29. The van der Waals surface area contributed by atoms with E-state index in [1.165, 1.54) is 0 Å². The molecule has 0 fully saturated rings. The van der Waals surface area contributed by atoms with E-state index < -0.39 is 0 Å². The minimum Gasteiger partial charge on any atom is -0.508 e. The monoisotopic (exact) mass is 328 g/mol. The first-order chi connectivity index (χ1) is 8.93. The van der Waals surface area contributed by atoms with Gasteiger partial charge in [0.05, 0.1) is 0 Å². The van der Waals surface area contributed by atoms with Crippen molar-refractivity contribution in [1.82, 2.24) is 10.2 Å². The van der Waals surface area contributed by atoms with Crippen molar-refractivity contribution in [3.63, 3.8) is 0 Å². The fourth-order valence-electron chi connectivity index (χ4n) is 2.11. The molecule has 0 bridgehead atoms. The molecule has 0 spiro atoms. The Hall–Kier alpha value is -0.580. The highest BCUT2D eigenvalue weighted by atomic mass is 79.9. The van der Waals surface area contributed by atoms with E-state index in [4.69, 9.17) is 0 Å². The van der Waals surface area contributed by atoms with Gasteiger partial charge in [0, 0.05) is 22.1 Å². The molecule has 2 N–H and O–H groups in total. The first-order valence-electron chi connectivity index (χ1n) is 6.83. The summed E-state index contributed by atoms with van der Waals surface area (Å²) in [5, 5.41) is 13.6. The Morgan fingerprint density at radius 1 is 1.37 bits per heavy atom. The van der Waals surface area contributed by atoms with Crippen LogP contribution >= 0.6 is 15.9 Å². The predicted molar refractivity (Wildman–Crippen MR) is 84.6 cm³/mol. The largest absolute Gasteiger partial charge is 0.508 e. The normalized spacial score (nSPS) is 14.6. The van der Waals surface area contributed by atoms with Gasteiger partial charge in [-0.3, -0.25) is 0 Å². The Morgan fingerprint density at radius 3 is 2.63 bits per heavy atom. The zero-order chi connectivity index (χ0) is 14.4. The minimum atomic E-state index is 0.190. The quantitative estimate of drug-likeness (QED) is 0.803. The van der Waals surface area contributed by atoms with Crippen molar-refractivity contribution < 1.29 is 5.11 Å². The Balaban J connectivity index is 2.69. The molecule has 0 aliphatic heterocycles. The van der Waals surface area contributed by atoms with Crippen molar-refractivity contribution >= 4 is 15.9 Å². The van der Waals surface area contributed by atoms with Gasteiger partial charge in [0.2, 0.25) is 0 Å². The fourth-order valence-corrected chi connectivity index (χ4v) is 2.49. The standard InChI is InChI=1S/C15H25BrN2O/c1-5-14(17-11(2)8-9-18(3)4)13-10-12(16)6-7-15(13)19/h6-7,10-11,14,17,19H,5,8-9H2,1-4H3. The topological polar surface area (TPSA) is 35.5 Å². The minimum absolute atomic E-state index is 0.190. The predicted octanol–water partition coefficient (Wildman–Crippen LogP) is 3.54. The molecular formula is C15H25BrN2O. The average Bonchev–Trinajstić information content (AvgIpc) is 2.36. The van der Waals surface area contributed by atoms with Crippen LogP contribution in [0.3, 0.4) is 0 Å². The van der Waals surface area contributed by atoms with Crippen LogP contribution in [0.15, 0.2) is 22.7 Å². The van der Waals surface area contributed by atoms with Gasteiger partial charge in [-0.25, -0.2) is 0 Å². The summed E-state index contributed by atoms with van der Waals surface area (Å²) in [5.74, 6) is 0.363. The molecule has 3 nitrogen and oxygen atoms in total. The van der Waals surface area contributed by atoms with Gasteiger partial charge in [0.1, 0.15) is 5.75 Å². The molecule has 19 heavy (non-hydrogen) atoms. The van der Waals surface area contributed by atoms with E-state index in [2.05, 4.69) is 54.1 Å². The van der Waals surface area contributed by atoms with E-state index in [0.29, 0.717) is 11.8 Å². The zero-order valence-electron chi connectivity index (χ0n) is 12.3. The molecule has 1 rings (SSSR count).